The number of fused-ring (bicyclic) bond motifs is 1. The highest BCUT2D eigenvalue weighted by Crippen LogP contribution is 2.16. The van der Waals surface area contributed by atoms with E-state index < -0.39 is 15.9 Å². The van der Waals surface area contributed by atoms with Crippen molar-refractivity contribution in [3.05, 3.63) is 47.5 Å². The zero-order valence-electron chi connectivity index (χ0n) is 12.5. The number of sulfonamides is 1. The summed E-state index contributed by atoms with van der Waals surface area (Å²) in [4.78, 5) is 15.6. The van der Waals surface area contributed by atoms with Gasteiger partial charge in [-0.15, -0.1) is 0 Å². The molecule has 0 atom stereocenters. The number of hydrogen-bond acceptors (Lipinski definition) is 4. The molecule has 2 heterocycles. The van der Waals surface area contributed by atoms with Crippen LogP contribution in [0.25, 0.3) is 0 Å². The molecule has 0 radical (unpaired) electrons. The highest BCUT2D eigenvalue weighted by Gasteiger charge is 2.17. The quantitative estimate of drug-likeness (QED) is 0.843. The molecule has 23 heavy (non-hydrogen) atoms. The maximum Gasteiger partial charge on any atom is 0.248 e. The number of aromatic nitrogens is 2. The maximum absolute atomic E-state index is 12.3. The van der Waals surface area contributed by atoms with E-state index in [0.717, 1.165) is 31.6 Å². The number of imidazole rings is 1. The van der Waals surface area contributed by atoms with E-state index in [1.165, 1.54) is 24.3 Å². The van der Waals surface area contributed by atoms with E-state index >= 15 is 0 Å². The van der Waals surface area contributed by atoms with Gasteiger partial charge in [0.2, 0.25) is 15.9 Å². The van der Waals surface area contributed by atoms with Gasteiger partial charge in [-0.25, -0.2) is 18.1 Å². The third kappa shape index (κ3) is 3.43. The zero-order valence-corrected chi connectivity index (χ0v) is 13.3. The van der Waals surface area contributed by atoms with Gasteiger partial charge in [-0.2, -0.15) is 0 Å². The molecule has 0 aliphatic carbocycles. The highest BCUT2D eigenvalue weighted by molar-refractivity contribution is 7.89. The SMILES string of the molecule is NC(=O)c1cccc(S(=O)(=O)NCc2cn3c(n2)CCCC3)c1. The van der Waals surface area contributed by atoms with Crippen molar-refractivity contribution in [2.75, 3.05) is 0 Å². The number of nitrogens with two attached hydrogens (primary N) is 1. The summed E-state index contributed by atoms with van der Waals surface area (Å²) < 4.78 is 29.2. The van der Waals surface area contributed by atoms with Gasteiger partial charge in [-0.1, -0.05) is 6.07 Å². The van der Waals surface area contributed by atoms with Crippen LogP contribution in [0.4, 0.5) is 0 Å². The van der Waals surface area contributed by atoms with Gasteiger partial charge < -0.3 is 10.3 Å². The van der Waals surface area contributed by atoms with Crippen LogP contribution >= 0.6 is 0 Å². The molecule has 1 amide bonds. The topological polar surface area (TPSA) is 107 Å². The Labute approximate surface area is 134 Å². The van der Waals surface area contributed by atoms with Crippen LogP contribution in [0.5, 0.6) is 0 Å². The second-order valence-corrected chi connectivity index (χ2v) is 7.28. The number of rotatable bonds is 5. The van der Waals surface area contributed by atoms with Gasteiger partial charge in [0.1, 0.15) is 5.82 Å². The lowest BCUT2D eigenvalue weighted by Gasteiger charge is -2.11. The maximum atomic E-state index is 12.3. The van der Waals surface area contributed by atoms with Gasteiger partial charge >= 0.3 is 0 Å². The summed E-state index contributed by atoms with van der Waals surface area (Å²) in [5, 5.41) is 0. The summed E-state index contributed by atoms with van der Waals surface area (Å²) in [7, 11) is -3.72. The van der Waals surface area contributed by atoms with Gasteiger partial charge in [-0.05, 0) is 31.0 Å². The molecule has 0 unspecified atom stereocenters. The van der Waals surface area contributed by atoms with E-state index in [0.29, 0.717) is 5.69 Å². The smallest absolute Gasteiger partial charge is 0.248 e. The van der Waals surface area contributed by atoms with Crippen LogP contribution in [0.2, 0.25) is 0 Å². The Balaban J connectivity index is 1.75. The molecule has 0 saturated heterocycles. The Bertz CT molecular complexity index is 819. The molecule has 1 aliphatic heterocycles. The lowest BCUT2D eigenvalue weighted by Crippen LogP contribution is -2.24. The van der Waals surface area contributed by atoms with Crippen molar-refractivity contribution in [3.8, 4) is 0 Å². The number of carbonyl (C=O) groups excluding carboxylic acids is 1. The number of carbonyl (C=O) groups is 1. The normalized spacial score (nSPS) is 14.4. The fourth-order valence-electron chi connectivity index (χ4n) is 2.63. The molecule has 1 aromatic carbocycles. The Morgan fingerprint density at radius 1 is 1.35 bits per heavy atom. The average Bonchev–Trinajstić information content (AvgIpc) is 2.96. The number of benzene rings is 1. The molecule has 0 fully saturated rings. The van der Waals surface area contributed by atoms with Crippen molar-refractivity contribution in [2.45, 2.75) is 37.2 Å². The van der Waals surface area contributed by atoms with Crippen LogP contribution in [0.15, 0.2) is 35.4 Å². The summed E-state index contributed by atoms with van der Waals surface area (Å²) in [6, 6.07) is 5.66. The molecular weight excluding hydrogens is 316 g/mol. The summed E-state index contributed by atoms with van der Waals surface area (Å²) in [5.74, 6) is 0.338. The molecule has 0 bridgehead atoms. The lowest BCUT2D eigenvalue weighted by molar-refractivity contribution is 0.1000. The van der Waals surface area contributed by atoms with Gasteiger partial charge in [-0.3, -0.25) is 4.79 Å². The highest BCUT2D eigenvalue weighted by atomic mass is 32.2. The second kappa shape index (κ2) is 6.13. The van der Waals surface area contributed by atoms with Crippen molar-refractivity contribution in [2.24, 2.45) is 5.73 Å². The minimum absolute atomic E-state index is 0.0118. The van der Waals surface area contributed by atoms with Gasteiger partial charge in [0.15, 0.2) is 0 Å². The Morgan fingerprint density at radius 3 is 2.91 bits per heavy atom. The third-order valence-corrected chi connectivity index (χ3v) is 5.23. The molecular formula is C15H18N4O3S. The van der Waals surface area contributed by atoms with E-state index in [2.05, 4.69) is 14.3 Å². The molecule has 122 valence electrons. The first-order valence-corrected chi connectivity index (χ1v) is 8.88. The van der Waals surface area contributed by atoms with Crippen LogP contribution in [0.1, 0.15) is 34.7 Å². The van der Waals surface area contributed by atoms with E-state index in [1.807, 2.05) is 6.20 Å². The van der Waals surface area contributed by atoms with Crippen molar-refractivity contribution in [1.29, 1.82) is 0 Å². The molecule has 2 aromatic rings. The summed E-state index contributed by atoms with van der Waals surface area (Å²) in [5.41, 5.74) is 6.03. The summed E-state index contributed by atoms with van der Waals surface area (Å²) in [6.07, 6.45) is 5.04. The van der Waals surface area contributed by atoms with Crippen molar-refractivity contribution >= 4 is 15.9 Å². The Hall–Kier alpha value is -2.19. The molecule has 8 heteroatoms. The second-order valence-electron chi connectivity index (χ2n) is 5.52. The predicted octanol–water partition coefficient (Wildman–Crippen LogP) is 0.797. The van der Waals surface area contributed by atoms with Crippen molar-refractivity contribution in [3.63, 3.8) is 0 Å². The fraction of sp³-hybridized carbons (Fsp3) is 0.333. The predicted molar refractivity (Wildman–Crippen MR) is 84.2 cm³/mol. The number of nitrogens with zero attached hydrogens (tertiary/aromatic N) is 2. The fourth-order valence-corrected chi connectivity index (χ4v) is 3.67. The minimum atomic E-state index is -3.72. The molecule has 7 nitrogen and oxygen atoms in total. The van der Waals surface area contributed by atoms with E-state index in [1.54, 1.807) is 0 Å². The van der Waals surface area contributed by atoms with Crippen LogP contribution in [0.3, 0.4) is 0 Å². The first kappa shape index (κ1) is 15.7. The van der Waals surface area contributed by atoms with E-state index in [-0.39, 0.29) is 17.0 Å². The van der Waals surface area contributed by atoms with Gasteiger partial charge in [0.25, 0.3) is 0 Å². The molecule has 3 rings (SSSR count). The molecule has 1 aromatic heterocycles. The van der Waals surface area contributed by atoms with Gasteiger partial charge in [0, 0.05) is 24.7 Å². The first-order chi connectivity index (χ1) is 11.0. The van der Waals surface area contributed by atoms with Crippen LogP contribution in [-0.2, 0) is 29.5 Å². The summed E-state index contributed by atoms with van der Waals surface area (Å²) >= 11 is 0. The molecule has 1 aliphatic rings. The van der Waals surface area contributed by atoms with E-state index in [9.17, 15) is 13.2 Å². The third-order valence-electron chi connectivity index (χ3n) is 3.83. The van der Waals surface area contributed by atoms with Crippen LogP contribution in [-0.4, -0.2) is 23.9 Å². The number of primary amides is 1. The largest absolute Gasteiger partial charge is 0.366 e. The van der Waals surface area contributed by atoms with Crippen LogP contribution in [0, 0.1) is 0 Å². The molecule has 0 saturated carbocycles. The first-order valence-electron chi connectivity index (χ1n) is 7.40. The van der Waals surface area contributed by atoms with Gasteiger partial charge in [0.05, 0.1) is 17.1 Å². The molecule has 3 N–H and O–H groups in total. The zero-order chi connectivity index (χ0) is 16.4. The Kier molecular flexibility index (Phi) is 4.18. The molecule has 0 spiro atoms. The number of hydrogen-bond donors (Lipinski definition) is 2. The Morgan fingerprint density at radius 2 is 2.17 bits per heavy atom. The summed E-state index contributed by atoms with van der Waals surface area (Å²) in [6.45, 7) is 1.04. The number of aryl methyl sites for hydroxylation is 2. The van der Waals surface area contributed by atoms with E-state index in [4.69, 9.17) is 5.73 Å². The van der Waals surface area contributed by atoms with Crippen LogP contribution < -0.4 is 10.5 Å². The minimum Gasteiger partial charge on any atom is -0.366 e. The average molecular weight is 334 g/mol. The lowest BCUT2D eigenvalue weighted by atomic mass is 10.2. The van der Waals surface area contributed by atoms with Crippen molar-refractivity contribution in [1.82, 2.24) is 14.3 Å². The number of nitrogens with one attached hydrogen (secondary N) is 1. The standard InChI is InChI=1S/C15H18N4O3S/c16-15(20)11-4-3-5-13(8-11)23(21,22)17-9-12-10-19-7-2-1-6-14(19)18-12/h3-5,8,10,17H,1-2,6-7,9H2,(H2,16,20). The number of amides is 1. The monoisotopic (exact) mass is 334 g/mol. The van der Waals surface area contributed by atoms with Crippen molar-refractivity contribution < 1.29 is 13.2 Å².